The van der Waals surface area contributed by atoms with Crippen LogP contribution in [0.15, 0.2) is 11.6 Å². The number of nitrogens with two attached hydrogens (primary N) is 2. The smallest absolute Gasteiger partial charge is 0.227 e. The highest BCUT2D eigenvalue weighted by molar-refractivity contribution is 6.22. The molecule has 1 amide bonds. The van der Waals surface area contributed by atoms with Crippen LogP contribution in [0.25, 0.3) is 0 Å². The Kier molecular flexibility index (Phi) is 12.0. The van der Waals surface area contributed by atoms with Crippen molar-refractivity contribution >= 4 is 29.1 Å². The zero-order valence-corrected chi connectivity index (χ0v) is 26.5. The summed E-state index contributed by atoms with van der Waals surface area (Å²) >= 11 is 13.7. The van der Waals surface area contributed by atoms with E-state index in [0.29, 0.717) is 6.54 Å². The van der Waals surface area contributed by atoms with Crippen LogP contribution < -0.4 is 27.4 Å². The summed E-state index contributed by atoms with van der Waals surface area (Å²) in [6, 6.07) is -0.0110. The summed E-state index contributed by atoms with van der Waals surface area (Å²) in [5.41, 5.74) is 14.4. The lowest BCUT2D eigenvalue weighted by molar-refractivity contribution is -0.128. The molecule has 7 N–H and O–H groups in total. The van der Waals surface area contributed by atoms with Crippen molar-refractivity contribution in [3.63, 3.8) is 0 Å². The number of allylic oxidation sites excluding steroid dienone is 1. The topological polar surface area (TPSA) is 112 Å². The molecule has 4 rings (SSSR count). The second-order valence-corrected chi connectivity index (χ2v) is 14.1. The molecule has 0 aromatic rings. The Balaban J connectivity index is 1.55. The van der Waals surface area contributed by atoms with Crippen LogP contribution in [0, 0.1) is 11.3 Å². The molecule has 1 saturated carbocycles. The third kappa shape index (κ3) is 7.93. The van der Waals surface area contributed by atoms with Gasteiger partial charge >= 0.3 is 0 Å². The first-order valence-corrected chi connectivity index (χ1v) is 16.8. The van der Waals surface area contributed by atoms with Gasteiger partial charge in [-0.15, -0.1) is 23.2 Å². The Morgan fingerprint density at radius 3 is 2.52 bits per heavy atom. The van der Waals surface area contributed by atoms with Crippen LogP contribution in [0.2, 0.25) is 0 Å². The van der Waals surface area contributed by atoms with Gasteiger partial charge in [0.25, 0.3) is 0 Å². The van der Waals surface area contributed by atoms with Crippen molar-refractivity contribution in [1.29, 1.82) is 0 Å². The summed E-state index contributed by atoms with van der Waals surface area (Å²) in [5, 5.41) is 10.6. The zero-order valence-electron chi connectivity index (χ0n) is 25.0. The fraction of sp³-hybridized carbons (Fsp3) is 0.900. The lowest BCUT2D eigenvalue weighted by atomic mass is 9.82. The van der Waals surface area contributed by atoms with Crippen molar-refractivity contribution < 1.29 is 4.79 Å². The normalized spacial score (nSPS) is 37.6. The van der Waals surface area contributed by atoms with Crippen LogP contribution in [-0.2, 0) is 4.79 Å². The van der Waals surface area contributed by atoms with Gasteiger partial charge in [-0.2, -0.15) is 0 Å². The average Bonchev–Trinajstić information content (AvgIpc) is 3.55. The molecule has 8 nitrogen and oxygen atoms in total. The monoisotopic (exact) mass is 599 g/mol. The van der Waals surface area contributed by atoms with Gasteiger partial charge in [-0.25, -0.2) is 0 Å². The number of fused-ring (bicyclic) bond motifs is 1. The van der Waals surface area contributed by atoms with Crippen LogP contribution in [0.5, 0.6) is 0 Å². The maximum atomic E-state index is 14.3. The van der Waals surface area contributed by atoms with Gasteiger partial charge in [0, 0.05) is 57.4 Å². The van der Waals surface area contributed by atoms with Gasteiger partial charge in [0.15, 0.2) is 0 Å². The molecule has 2 saturated heterocycles. The second kappa shape index (κ2) is 14.8. The summed E-state index contributed by atoms with van der Waals surface area (Å²) < 4.78 is 0. The molecule has 8 atom stereocenters. The Labute approximate surface area is 252 Å². The number of nitrogens with zero attached hydrogens (tertiary/aromatic N) is 2. The number of rotatable bonds is 12. The van der Waals surface area contributed by atoms with Gasteiger partial charge in [0.1, 0.15) is 0 Å². The minimum atomic E-state index is -0.774. The number of likely N-dealkylation sites (N-methyl/N-ethyl adjacent to an activating group) is 1. The van der Waals surface area contributed by atoms with E-state index in [2.05, 4.69) is 52.7 Å². The molecule has 3 aliphatic heterocycles. The number of carbonyl (C=O) groups is 1. The molecule has 40 heavy (non-hydrogen) atoms. The van der Waals surface area contributed by atoms with Crippen molar-refractivity contribution in [3.05, 3.63) is 11.6 Å². The average molecular weight is 601 g/mol. The number of halogens is 2. The standard InChI is InChI=1S/C30H55Cl2N7O/c1-4-6-7-8-9-23-26(27(22(32)19-36-23)39-13-11-38(3)12-14-39)37-29(40)25(28(33)34)24-17-30(10-5-2)16-20(30)15-21(31)18-35-24/h15,21-28,35-36H,4-14,16-19,33-34H2,1-3H3,(H,37,40)/b20-15-. The molecule has 0 bridgehead atoms. The quantitative estimate of drug-likeness (QED) is 0.101. The molecule has 1 aliphatic carbocycles. The van der Waals surface area contributed by atoms with Crippen LogP contribution >= 0.6 is 23.2 Å². The van der Waals surface area contributed by atoms with Crippen LogP contribution in [-0.4, -0.2) is 103 Å². The number of alkyl halides is 2. The lowest BCUT2D eigenvalue weighted by Gasteiger charge is -2.49. The van der Waals surface area contributed by atoms with E-state index in [1.165, 1.54) is 24.8 Å². The maximum Gasteiger partial charge on any atom is 0.227 e. The minimum Gasteiger partial charge on any atom is -0.350 e. The van der Waals surface area contributed by atoms with E-state index in [-0.39, 0.29) is 46.2 Å². The largest absolute Gasteiger partial charge is 0.350 e. The Hall–Kier alpha value is -0.450. The first kappa shape index (κ1) is 32.5. The van der Waals surface area contributed by atoms with Crippen molar-refractivity contribution in [2.45, 2.75) is 113 Å². The Morgan fingerprint density at radius 1 is 1.10 bits per heavy atom. The van der Waals surface area contributed by atoms with Crippen LogP contribution in [0.3, 0.4) is 0 Å². The predicted octanol–water partition coefficient (Wildman–Crippen LogP) is 2.58. The first-order valence-electron chi connectivity index (χ1n) is 15.9. The van der Waals surface area contributed by atoms with E-state index in [4.69, 9.17) is 34.7 Å². The summed E-state index contributed by atoms with van der Waals surface area (Å²) in [6.07, 6.45) is 11.4. The van der Waals surface area contributed by atoms with Crippen molar-refractivity contribution in [1.82, 2.24) is 25.8 Å². The number of nitrogens with one attached hydrogen (secondary N) is 3. The number of amides is 1. The zero-order chi connectivity index (χ0) is 28.9. The third-order valence-electron chi connectivity index (χ3n) is 9.92. The highest BCUT2D eigenvalue weighted by Crippen LogP contribution is 2.59. The summed E-state index contributed by atoms with van der Waals surface area (Å²) in [5.74, 6) is -0.616. The van der Waals surface area contributed by atoms with E-state index < -0.39 is 12.1 Å². The number of piperazine rings is 1. The van der Waals surface area contributed by atoms with Gasteiger partial charge in [-0.3, -0.25) is 9.69 Å². The van der Waals surface area contributed by atoms with Gasteiger partial charge in [0.2, 0.25) is 5.91 Å². The molecule has 0 spiro atoms. The van der Waals surface area contributed by atoms with Gasteiger partial charge < -0.3 is 32.3 Å². The lowest BCUT2D eigenvalue weighted by Crippen LogP contribution is -2.71. The van der Waals surface area contributed by atoms with E-state index in [1.54, 1.807) is 0 Å². The van der Waals surface area contributed by atoms with Crippen LogP contribution in [0.4, 0.5) is 0 Å². The maximum absolute atomic E-state index is 14.3. The predicted molar refractivity (Wildman–Crippen MR) is 167 cm³/mol. The summed E-state index contributed by atoms with van der Waals surface area (Å²) in [7, 11) is 2.17. The number of hydrogen-bond donors (Lipinski definition) is 5. The number of hydrogen-bond acceptors (Lipinski definition) is 7. The van der Waals surface area contributed by atoms with Crippen LogP contribution in [0.1, 0.15) is 71.6 Å². The van der Waals surface area contributed by atoms with Gasteiger partial charge in [0.05, 0.1) is 28.9 Å². The second-order valence-electron chi connectivity index (χ2n) is 13.0. The fourth-order valence-electron chi connectivity index (χ4n) is 7.57. The molecule has 230 valence electrons. The van der Waals surface area contributed by atoms with E-state index in [1.807, 2.05) is 0 Å². The number of carbonyl (C=O) groups excluding carboxylic acids is 1. The van der Waals surface area contributed by atoms with Gasteiger partial charge in [-0.1, -0.05) is 57.6 Å². The molecular formula is C30H55Cl2N7O. The van der Waals surface area contributed by atoms with Gasteiger partial charge in [-0.05, 0) is 38.1 Å². The SMILES string of the molecule is CCCCCCC1NCC(Cl)C(N2CCN(C)CC2)C1NC(=O)C(C(N)N)C1CC2(CCC)C/C2=C/C(Cl)CN1. The minimum absolute atomic E-state index is 0.0627. The molecule has 4 aliphatic rings. The molecular weight excluding hydrogens is 545 g/mol. The first-order chi connectivity index (χ1) is 19.2. The fourth-order valence-corrected chi connectivity index (χ4v) is 8.22. The molecule has 0 radical (unpaired) electrons. The van der Waals surface area contributed by atoms with E-state index >= 15 is 0 Å². The Morgan fingerprint density at radius 2 is 1.85 bits per heavy atom. The Bertz CT molecular complexity index is 852. The number of unbranched alkanes of at least 4 members (excludes halogenated alkanes) is 3. The molecule has 3 heterocycles. The molecule has 3 fully saturated rings. The third-order valence-corrected chi connectivity index (χ3v) is 10.6. The summed E-state index contributed by atoms with van der Waals surface area (Å²) in [6.45, 7) is 9.73. The molecule has 0 aromatic heterocycles. The van der Waals surface area contributed by atoms with Crippen molar-refractivity contribution in [3.8, 4) is 0 Å². The highest BCUT2D eigenvalue weighted by atomic mass is 35.5. The number of piperidine rings is 1. The molecule has 10 heteroatoms. The van der Waals surface area contributed by atoms with Crippen molar-refractivity contribution in [2.75, 3.05) is 46.3 Å². The van der Waals surface area contributed by atoms with Crippen molar-refractivity contribution in [2.24, 2.45) is 22.8 Å². The molecule has 0 aromatic carbocycles. The summed E-state index contributed by atoms with van der Waals surface area (Å²) in [4.78, 5) is 19.1. The van der Waals surface area contributed by atoms with E-state index in [0.717, 1.165) is 71.2 Å². The van der Waals surface area contributed by atoms with E-state index in [9.17, 15) is 4.79 Å². The highest BCUT2D eigenvalue weighted by Gasteiger charge is 2.52. The molecule has 8 unspecified atom stereocenters.